The van der Waals surface area contributed by atoms with Crippen LogP contribution in [0.5, 0.6) is 11.5 Å². The molecule has 0 aliphatic rings. The van der Waals surface area contributed by atoms with Crippen molar-refractivity contribution in [3.63, 3.8) is 0 Å². The monoisotopic (exact) mass is 422 g/mol. The maximum atomic E-state index is 5.83. The Morgan fingerprint density at radius 2 is 1.70 bits per heavy atom. The molecule has 2 aromatic carbocycles. The third-order valence-electron chi connectivity index (χ3n) is 5.05. The summed E-state index contributed by atoms with van der Waals surface area (Å²) >= 11 is 1.66. The number of thioether (sulfide) groups is 1. The molecule has 0 unspecified atom stereocenters. The van der Waals surface area contributed by atoms with E-state index in [1.807, 2.05) is 24.3 Å². The molecular formula is C23H26N4O2S. The first-order chi connectivity index (χ1) is 14.7. The van der Waals surface area contributed by atoms with Gasteiger partial charge in [0.05, 0.1) is 13.7 Å². The summed E-state index contributed by atoms with van der Waals surface area (Å²) in [5.41, 5.74) is 2.35. The summed E-state index contributed by atoms with van der Waals surface area (Å²) in [6, 6.07) is 16.1. The minimum Gasteiger partial charge on any atom is -0.497 e. The van der Waals surface area contributed by atoms with Crippen LogP contribution in [-0.4, -0.2) is 38.8 Å². The molecule has 0 radical (unpaired) electrons. The summed E-state index contributed by atoms with van der Waals surface area (Å²) in [5, 5.41) is 11.1. The summed E-state index contributed by atoms with van der Waals surface area (Å²) in [7, 11) is 1.66. The number of aromatic nitrogens is 4. The molecule has 0 spiro atoms. The Hall–Kier alpha value is -2.93. The van der Waals surface area contributed by atoms with Crippen LogP contribution in [-0.2, 0) is 13.1 Å². The van der Waals surface area contributed by atoms with Gasteiger partial charge in [0.15, 0.2) is 11.0 Å². The van der Waals surface area contributed by atoms with Crippen molar-refractivity contribution in [3.8, 4) is 22.9 Å². The maximum absolute atomic E-state index is 5.83. The summed E-state index contributed by atoms with van der Waals surface area (Å²) in [4.78, 5) is 0. The Balaban J connectivity index is 1.47. The lowest BCUT2D eigenvalue weighted by Crippen LogP contribution is -2.03. The Labute approximate surface area is 180 Å². The number of methoxy groups -OCH3 is 1. The molecule has 0 saturated carbocycles. The number of para-hydroxylation sites is 1. The van der Waals surface area contributed by atoms with Crippen molar-refractivity contribution in [1.29, 1.82) is 0 Å². The smallest absolute Gasteiger partial charge is 0.191 e. The third-order valence-corrected chi connectivity index (χ3v) is 5.98. The summed E-state index contributed by atoms with van der Waals surface area (Å²) in [6.07, 6.45) is 2.18. The summed E-state index contributed by atoms with van der Waals surface area (Å²) < 4.78 is 15.4. The van der Waals surface area contributed by atoms with Gasteiger partial charge in [-0.1, -0.05) is 30.0 Å². The number of ether oxygens (including phenoxy) is 2. The fourth-order valence-electron chi connectivity index (χ4n) is 3.53. The molecule has 0 saturated heterocycles. The molecule has 0 aliphatic carbocycles. The van der Waals surface area contributed by atoms with Crippen LogP contribution < -0.4 is 9.47 Å². The molecule has 0 bridgehead atoms. The second-order valence-electron chi connectivity index (χ2n) is 6.77. The highest BCUT2D eigenvalue weighted by Gasteiger charge is 2.17. The van der Waals surface area contributed by atoms with Crippen molar-refractivity contribution in [3.05, 3.63) is 54.7 Å². The van der Waals surface area contributed by atoms with Crippen LogP contribution >= 0.6 is 11.8 Å². The predicted octanol–water partition coefficient (Wildman–Crippen LogP) is 5.12. The van der Waals surface area contributed by atoms with E-state index in [-0.39, 0.29) is 0 Å². The van der Waals surface area contributed by atoms with E-state index in [9.17, 15) is 0 Å². The van der Waals surface area contributed by atoms with E-state index in [1.54, 1.807) is 18.9 Å². The van der Waals surface area contributed by atoms with Crippen molar-refractivity contribution in [2.75, 3.05) is 19.5 Å². The third kappa shape index (κ3) is 4.03. The first-order valence-corrected chi connectivity index (χ1v) is 11.1. The Bertz CT molecular complexity index is 1120. The zero-order valence-corrected chi connectivity index (χ0v) is 18.4. The highest BCUT2D eigenvalue weighted by atomic mass is 32.2. The maximum Gasteiger partial charge on any atom is 0.191 e. The minimum absolute atomic E-state index is 0.595. The topological polar surface area (TPSA) is 54.1 Å². The van der Waals surface area contributed by atoms with E-state index < -0.39 is 0 Å². The van der Waals surface area contributed by atoms with Crippen molar-refractivity contribution in [2.45, 2.75) is 32.1 Å². The molecule has 6 nitrogen and oxygen atoms in total. The first-order valence-electron chi connectivity index (χ1n) is 10.2. The summed E-state index contributed by atoms with van der Waals surface area (Å²) in [5.74, 6) is 3.37. The number of aryl methyl sites for hydroxylation is 1. The van der Waals surface area contributed by atoms with Crippen LogP contribution in [0.4, 0.5) is 0 Å². The number of nitrogens with zero attached hydrogens (tertiary/aromatic N) is 4. The molecule has 0 fully saturated rings. The van der Waals surface area contributed by atoms with E-state index >= 15 is 0 Å². The Kier molecular flexibility index (Phi) is 6.28. The average Bonchev–Trinajstić information content (AvgIpc) is 3.37. The Morgan fingerprint density at radius 1 is 0.933 bits per heavy atom. The summed E-state index contributed by atoms with van der Waals surface area (Å²) in [6.45, 7) is 6.62. The second-order valence-corrected chi connectivity index (χ2v) is 7.83. The van der Waals surface area contributed by atoms with Crippen molar-refractivity contribution >= 4 is 22.7 Å². The first kappa shape index (κ1) is 20.3. The van der Waals surface area contributed by atoms with Gasteiger partial charge in [-0.25, -0.2) is 0 Å². The lowest BCUT2D eigenvalue weighted by molar-refractivity contribution is 0.342. The molecule has 4 rings (SSSR count). The minimum atomic E-state index is 0.595. The highest BCUT2D eigenvalue weighted by Crippen LogP contribution is 2.31. The highest BCUT2D eigenvalue weighted by molar-refractivity contribution is 7.99. The fourth-order valence-corrected chi connectivity index (χ4v) is 4.35. The van der Waals surface area contributed by atoms with Crippen molar-refractivity contribution < 1.29 is 9.47 Å². The van der Waals surface area contributed by atoms with Gasteiger partial charge in [-0.3, -0.25) is 0 Å². The van der Waals surface area contributed by atoms with Gasteiger partial charge in [-0.2, -0.15) is 0 Å². The second kappa shape index (κ2) is 9.26. The van der Waals surface area contributed by atoms with Gasteiger partial charge in [0, 0.05) is 41.5 Å². The number of hydrogen-bond donors (Lipinski definition) is 0. The quantitative estimate of drug-likeness (QED) is 0.277. The van der Waals surface area contributed by atoms with Gasteiger partial charge >= 0.3 is 0 Å². The van der Waals surface area contributed by atoms with Crippen LogP contribution in [0.3, 0.4) is 0 Å². The van der Waals surface area contributed by atoms with Gasteiger partial charge in [-0.05, 0) is 44.2 Å². The van der Waals surface area contributed by atoms with Gasteiger partial charge in [0.2, 0.25) is 0 Å². The average molecular weight is 423 g/mol. The van der Waals surface area contributed by atoms with Gasteiger partial charge in [-0.15, -0.1) is 10.2 Å². The molecule has 0 N–H and O–H groups in total. The number of fused-ring (bicyclic) bond motifs is 1. The standard InChI is InChI=1S/C23H26N4O2S/c1-4-26-16-20(19-8-6-7-9-21(19)26)22-24-25-23(27(22)5-2)30-15-14-29-18-12-10-17(28-3)11-13-18/h6-13,16H,4-5,14-15H2,1-3H3. The van der Waals surface area contributed by atoms with Crippen LogP contribution in [0.1, 0.15) is 13.8 Å². The SMILES string of the molecule is CCn1c(SCCOc2ccc(OC)cc2)nnc1-c1cn(CC)c2ccccc12. The lowest BCUT2D eigenvalue weighted by Gasteiger charge is -2.08. The molecular weight excluding hydrogens is 396 g/mol. The van der Waals surface area contributed by atoms with E-state index in [1.165, 1.54) is 10.9 Å². The molecule has 7 heteroatoms. The Morgan fingerprint density at radius 3 is 2.43 bits per heavy atom. The largest absolute Gasteiger partial charge is 0.497 e. The number of rotatable bonds is 9. The molecule has 156 valence electrons. The molecule has 0 atom stereocenters. The van der Waals surface area contributed by atoms with E-state index in [2.05, 4.69) is 63.6 Å². The van der Waals surface area contributed by atoms with Crippen LogP contribution in [0, 0.1) is 0 Å². The molecule has 2 heterocycles. The van der Waals surface area contributed by atoms with Gasteiger partial charge < -0.3 is 18.6 Å². The molecule has 30 heavy (non-hydrogen) atoms. The van der Waals surface area contributed by atoms with E-state index in [0.717, 1.165) is 46.9 Å². The van der Waals surface area contributed by atoms with E-state index in [4.69, 9.17) is 9.47 Å². The predicted molar refractivity (Wildman–Crippen MR) is 122 cm³/mol. The molecule has 2 aromatic heterocycles. The molecule has 4 aromatic rings. The molecule has 0 amide bonds. The normalized spacial score (nSPS) is 11.2. The zero-order chi connectivity index (χ0) is 20.9. The molecule has 0 aliphatic heterocycles. The lowest BCUT2D eigenvalue weighted by atomic mass is 10.1. The number of hydrogen-bond acceptors (Lipinski definition) is 5. The van der Waals surface area contributed by atoms with Crippen LogP contribution in [0.15, 0.2) is 59.9 Å². The van der Waals surface area contributed by atoms with Crippen molar-refractivity contribution in [2.24, 2.45) is 0 Å². The fraction of sp³-hybridized carbons (Fsp3) is 0.304. The zero-order valence-electron chi connectivity index (χ0n) is 17.5. The van der Waals surface area contributed by atoms with Crippen LogP contribution in [0.2, 0.25) is 0 Å². The van der Waals surface area contributed by atoms with Crippen molar-refractivity contribution in [1.82, 2.24) is 19.3 Å². The van der Waals surface area contributed by atoms with Gasteiger partial charge in [0.1, 0.15) is 11.5 Å². The van der Waals surface area contributed by atoms with E-state index in [0.29, 0.717) is 6.61 Å². The number of benzene rings is 2. The van der Waals surface area contributed by atoms with Crippen LogP contribution in [0.25, 0.3) is 22.3 Å². The van der Waals surface area contributed by atoms with Gasteiger partial charge in [0.25, 0.3) is 0 Å².